The maximum atomic E-state index is 11.4. The van der Waals surface area contributed by atoms with Crippen LogP contribution in [0.15, 0.2) is 12.7 Å². The summed E-state index contributed by atoms with van der Waals surface area (Å²) < 4.78 is 13.8. The molecule has 0 aliphatic rings. The molecule has 12 heavy (non-hydrogen) atoms. The van der Waals surface area contributed by atoms with Crippen LogP contribution in [-0.2, 0) is 11.4 Å². The molecule has 0 aromatic carbocycles. The third kappa shape index (κ3) is 4.54. The van der Waals surface area contributed by atoms with E-state index >= 15 is 0 Å². The van der Waals surface area contributed by atoms with Crippen molar-refractivity contribution in [3.05, 3.63) is 12.7 Å². The number of nitrogens with one attached hydrogen (secondary N) is 2. The van der Waals surface area contributed by atoms with Crippen LogP contribution >= 0.6 is 0 Å². The van der Waals surface area contributed by atoms with E-state index < -0.39 is 11.4 Å². The van der Waals surface area contributed by atoms with E-state index in [0.717, 1.165) is 0 Å². The van der Waals surface area contributed by atoms with Gasteiger partial charge in [-0.2, -0.15) is 0 Å². The van der Waals surface area contributed by atoms with Crippen molar-refractivity contribution in [2.24, 2.45) is 0 Å². The molecule has 70 valence electrons. The van der Waals surface area contributed by atoms with Crippen molar-refractivity contribution in [1.82, 2.24) is 4.72 Å². The fraction of sp³-hybridized carbons (Fsp3) is 0.625. The van der Waals surface area contributed by atoms with E-state index in [-0.39, 0.29) is 4.75 Å². The van der Waals surface area contributed by atoms with Crippen LogP contribution in [0.1, 0.15) is 20.8 Å². The van der Waals surface area contributed by atoms with Gasteiger partial charge in [0.15, 0.2) is 0 Å². The van der Waals surface area contributed by atoms with E-state index in [0.29, 0.717) is 12.3 Å². The molecule has 0 aromatic rings. The summed E-state index contributed by atoms with van der Waals surface area (Å²) in [5.74, 6) is 0. The maximum absolute atomic E-state index is 11.4. The molecule has 0 aromatic heterocycles. The monoisotopic (exact) mass is 188 g/mol. The van der Waals surface area contributed by atoms with Crippen LogP contribution in [0.4, 0.5) is 0 Å². The van der Waals surface area contributed by atoms with E-state index in [2.05, 4.69) is 11.3 Å². The molecule has 0 aliphatic carbocycles. The summed E-state index contributed by atoms with van der Waals surface area (Å²) in [6.07, 6.45) is 1.44. The summed E-state index contributed by atoms with van der Waals surface area (Å²) in [4.78, 5) is 0. The van der Waals surface area contributed by atoms with Crippen LogP contribution in [0.3, 0.4) is 0 Å². The van der Waals surface area contributed by atoms with E-state index in [1.165, 1.54) is 6.08 Å². The lowest BCUT2D eigenvalue weighted by Crippen LogP contribution is -2.41. The van der Waals surface area contributed by atoms with Crippen molar-refractivity contribution in [3.8, 4) is 0 Å². The van der Waals surface area contributed by atoms with Crippen molar-refractivity contribution in [1.29, 1.82) is 5.41 Å². The Balaban J connectivity index is 3.79. The summed E-state index contributed by atoms with van der Waals surface area (Å²) >= 11 is -1.10. The second kappa shape index (κ2) is 4.64. The van der Waals surface area contributed by atoms with E-state index in [4.69, 9.17) is 5.41 Å². The number of hydrogen-bond acceptors (Lipinski definition) is 3. The molecule has 0 bridgehead atoms. The summed E-state index contributed by atoms with van der Waals surface area (Å²) in [6, 6.07) is 0. The van der Waals surface area contributed by atoms with E-state index in [9.17, 15) is 4.55 Å². The maximum Gasteiger partial charge on any atom is 0.136 e. The first-order valence-corrected chi connectivity index (χ1v) is 4.88. The van der Waals surface area contributed by atoms with Gasteiger partial charge in [-0.1, -0.05) is 6.58 Å². The standard InChI is InChI=1S/C8H16N2OS/c1-5-7(9)6-10-12(11)8(2,3)4/h5,9-10H,1,6H2,2-4H3/t12-/m0/s1. The molecule has 0 radical (unpaired) electrons. The predicted octanol–water partition coefficient (Wildman–Crippen LogP) is 1.24. The van der Waals surface area contributed by atoms with Crippen LogP contribution in [0.2, 0.25) is 0 Å². The van der Waals surface area contributed by atoms with Gasteiger partial charge in [0.05, 0.1) is 6.54 Å². The van der Waals surface area contributed by atoms with Gasteiger partial charge in [-0.05, 0) is 26.8 Å². The topological polar surface area (TPSA) is 58.9 Å². The molecule has 4 heteroatoms. The van der Waals surface area contributed by atoms with Crippen LogP contribution < -0.4 is 4.72 Å². The minimum absolute atomic E-state index is 0.276. The second-order valence-corrected chi connectivity index (χ2v) is 5.48. The van der Waals surface area contributed by atoms with Crippen LogP contribution in [0.5, 0.6) is 0 Å². The molecule has 0 rings (SSSR count). The Bertz CT molecular complexity index is 174. The molecule has 3 nitrogen and oxygen atoms in total. The van der Waals surface area contributed by atoms with Gasteiger partial charge in [0, 0.05) is 17.1 Å². The normalized spacial score (nSPS) is 14.0. The first kappa shape index (κ1) is 11.7. The molecule has 0 heterocycles. The minimum atomic E-state index is -1.10. The molecule has 2 N–H and O–H groups in total. The zero-order chi connectivity index (χ0) is 9.78. The van der Waals surface area contributed by atoms with Gasteiger partial charge in [0.1, 0.15) is 4.75 Å². The highest BCUT2D eigenvalue weighted by Gasteiger charge is 2.25. The lowest BCUT2D eigenvalue weighted by molar-refractivity contribution is 0.549. The highest BCUT2D eigenvalue weighted by Crippen LogP contribution is 2.12. The predicted molar refractivity (Wildman–Crippen MR) is 53.8 cm³/mol. The zero-order valence-corrected chi connectivity index (χ0v) is 8.62. The highest BCUT2D eigenvalue weighted by molar-refractivity contribution is 7.90. The van der Waals surface area contributed by atoms with Crippen molar-refractivity contribution in [2.75, 3.05) is 6.54 Å². The summed E-state index contributed by atoms with van der Waals surface area (Å²) in [5, 5.41) is 7.22. The van der Waals surface area contributed by atoms with Gasteiger partial charge in [-0.3, -0.25) is 0 Å². The number of hydrogen-bond donors (Lipinski definition) is 2. The Morgan fingerprint density at radius 1 is 1.67 bits per heavy atom. The van der Waals surface area contributed by atoms with Crippen LogP contribution in [0.25, 0.3) is 0 Å². The van der Waals surface area contributed by atoms with Crippen molar-refractivity contribution < 1.29 is 4.55 Å². The smallest absolute Gasteiger partial charge is 0.136 e. The Kier molecular flexibility index (Phi) is 4.52. The van der Waals surface area contributed by atoms with Gasteiger partial charge in [-0.25, -0.2) is 0 Å². The summed E-state index contributed by atoms with van der Waals surface area (Å²) in [5.41, 5.74) is 0.354. The van der Waals surface area contributed by atoms with Gasteiger partial charge >= 0.3 is 0 Å². The minimum Gasteiger partial charge on any atom is -0.598 e. The molecule has 0 amide bonds. The van der Waals surface area contributed by atoms with E-state index in [1.54, 1.807) is 0 Å². The Morgan fingerprint density at radius 2 is 2.17 bits per heavy atom. The molecule has 0 aliphatic heterocycles. The van der Waals surface area contributed by atoms with Gasteiger partial charge in [0.25, 0.3) is 0 Å². The molecule has 0 saturated carbocycles. The highest BCUT2D eigenvalue weighted by atomic mass is 32.2. The Morgan fingerprint density at radius 3 is 2.50 bits per heavy atom. The van der Waals surface area contributed by atoms with Crippen molar-refractivity contribution in [3.63, 3.8) is 0 Å². The fourth-order valence-corrected chi connectivity index (χ4v) is 1.15. The van der Waals surface area contributed by atoms with E-state index in [1.807, 2.05) is 20.8 Å². The average Bonchev–Trinajstić information content (AvgIpc) is 1.97. The third-order valence-corrected chi connectivity index (χ3v) is 2.72. The van der Waals surface area contributed by atoms with Crippen molar-refractivity contribution in [2.45, 2.75) is 25.5 Å². The molecular weight excluding hydrogens is 172 g/mol. The molecule has 0 saturated heterocycles. The Labute approximate surface area is 77.1 Å². The molecule has 0 fully saturated rings. The van der Waals surface area contributed by atoms with Gasteiger partial charge < -0.3 is 9.96 Å². The molecule has 0 spiro atoms. The Hall–Kier alpha value is -0.320. The molecule has 1 atom stereocenters. The fourth-order valence-electron chi connectivity index (χ4n) is 0.432. The quantitative estimate of drug-likeness (QED) is 0.515. The van der Waals surface area contributed by atoms with Gasteiger partial charge in [0.2, 0.25) is 0 Å². The lowest BCUT2D eigenvalue weighted by atomic mass is 10.3. The first-order valence-electron chi connectivity index (χ1n) is 3.73. The summed E-state index contributed by atoms with van der Waals surface area (Å²) in [7, 11) is 0. The average molecular weight is 188 g/mol. The molecule has 0 unspecified atom stereocenters. The van der Waals surface area contributed by atoms with Crippen molar-refractivity contribution >= 4 is 17.1 Å². The molecular formula is C8H16N2OS. The lowest BCUT2D eigenvalue weighted by Gasteiger charge is -2.23. The largest absolute Gasteiger partial charge is 0.598 e. The number of rotatable bonds is 4. The third-order valence-electron chi connectivity index (χ3n) is 1.20. The second-order valence-electron chi connectivity index (χ2n) is 3.43. The van der Waals surface area contributed by atoms with Crippen LogP contribution in [0, 0.1) is 5.41 Å². The zero-order valence-electron chi connectivity index (χ0n) is 7.81. The van der Waals surface area contributed by atoms with Gasteiger partial charge in [-0.15, -0.1) is 4.72 Å². The summed E-state index contributed by atoms with van der Waals surface area (Å²) in [6.45, 7) is 9.40. The first-order chi connectivity index (χ1) is 5.38. The SMILES string of the molecule is C=CC(=N)CN[S@@+]([O-])C(C)(C)C. The van der Waals surface area contributed by atoms with Crippen LogP contribution in [-0.4, -0.2) is 21.6 Å².